The molecule has 0 atom stereocenters. The Labute approximate surface area is 87.9 Å². The third-order valence-corrected chi connectivity index (χ3v) is 2.41. The molecule has 1 aliphatic rings. The number of aromatic nitrogens is 2. The number of nitrogens with one attached hydrogen (secondary N) is 1. The average molecular weight is 211 g/mol. The molecule has 0 spiro atoms. The molecule has 2 rings (SSSR count). The van der Waals surface area contributed by atoms with Gasteiger partial charge in [-0.25, -0.2) is 15.0 Å². The van der Waals surface area contributed by atoms with Crippen molar-refractivity contribution < 1.29 is 4.39 Å². The molecule has 0 unspecified atom stereocenters. The Morgan fingerprint density at radius 1 is 1.27 bits per heavy atom. The van der Waals surface area contributed by atoms with E-state index in [2.05, 4.69) is 27.3 Å². The summed E-state index contributed by atoms with van der Waals surface area (Å²) in [6, 6.07) is 1.29. The third-order valence-electron chi connectivity index (χ3n) is 2.41. The molecule has 2 heterocycles. The van der Waals surface area contributed by atoms with Crippen LogP contribution in [0.3, 0.4) is 0 Å². The molecule has 1 saturated heterocycles. The zero-order valence-electron chi connectivity index (χ0n) is 8.65. The van der Waals surface area contributed by atoms with E-state index in [0.717, 1.165) is 26.2 Å². The van der Waals surface area contributed by atoms with Crippen LogP contribution >= 0.6 is 0 Å². The Kier molecular flexibility index (Phi) is 3.08. The molecular weight excluding hydrogens is 197 g/mol. The van der Waals surface area contributed by atoms with Crippen LogP contribution in [0.25, 0.3) is 0 Å². The van der Waals surface area contributed by atoms with Crippen LogP contribution in [0.2, 0.25) is 0 Å². The Bertz CT molecular complexity index is 324. The molecule has 15 heavy (non-hydrogen) atoms. The summed E-state index contributed by atoms with van der Waals surface area (Å²) in [6.07, 6.45) is 1.22. The number of hydrazine groups is 1. The lowest BCUT2D eigenvalue weighted by Gasteiger charge is -2.32. The molecule has 1 fully saturated rings. The fourth-order valence-corrected chi connectivity index (χ4v) is 1.47. The van der Waals surface area contributed by atoms with Gasteiger partial charge < -0.3 is 10.3 Å². The van der Waals surface area contributed by atoms with Gasteiger partial charge in [0.1, 0.15) is 12.1 Å². The number of nitrogens with zero attached hydrogens (tertiary/aromatic N) is 4. The summed E-state index contributed by atoms with van der Waals surface area (Å²) in [4.78, 5) is 9.58. The molecular formula is C9H14FN5. The minimum atomic E-state index is -0.512. The van der Waals surface area contributed by atoms with E-state index >= 15 is 0 Å². The zero-order chi connectivity index (χ0) is 10.7. The largest absolute Gasteiger partial charge is 0.304 e. The highest BCUT2D eigenvalue weighted by molar-refractivity contribution is 5.30. The van der Waals surface area contributed by atoms with Crippen LogP contribution < -0.4 is 5.43 Å². The molecule has 0 aromatic carbocycles. The number of halogens is 1. The molecule has 0 radical (unpaired) electrons. The van der Waals surface area contributed by atoms with E-state index in [9.17, 15) is 4.39 Å². The van der Waals surface area contributed by atoms with Crippen molar-refractivity contribution in [3.05, 3.63) is 18.3 Å². The minimum absolute atomic E-state index is 0.507. The Morgan fingerprint density at radius 2 is 2.00 bits per heavy atom. The van der Waals surface area contributed by atoms with Crippen molar-refractivity contribution in [3.8, 4) is 0 Å². The number of hydrogen-bond donors (Lipinski definition) is 1. The highest BCUT2D eigenvalue weighted by atomic mass is 19.1. The summed E-state index contributed by atoms with van der Waals surface area (Å²) in [5.41, 5.74) is 3.06. The normalized spacial score (nSPS) is 19.1. The molecule has 0 saturated carbocycles. The molecule has 82 valence electrons. The first kappa shape index (κ1) is 10.3. The lowest BCUT2D eigenvalue weighted by atomic mass is 10.4. The Morgan fingerprint density at radius 3 is 2.67 bits per heavy atom. The van der Waals surface area contributed by atoms with E-state index in [1.807, 2.05) is 5.01 Å². The van der Waals surface area contributed by atoms with Crippen LogP contribution in [0.15, 0.2) is 12.4 Å². The van der Waals surface area contributed by atoms with Gasteiger partial charge >= 0.3 is 0 Å². The van der Waals surface area contributed by atoms with Gasteiger partial charge in [0, 0.05) is 32.2 Å². The van der Waals surface area contributed by atoms with Crippen LogP contribution in [0.5, 0.6) is 0 Å². The molecule has 1 aliphatic heterocycles. The predicted octanol–water partition coefficient (Wildman–Crippen LogP) is 0.190. The van der Waals surface area contributed by atoms with Crippen LogP contribution in [-0.4, -0.2) is 53.1 Å². The van der Waals surface area contributed by atoms with E-state index in [1.54, 1.807) is 0 Å². The van der Waals surface area contributed by atoms with Crippen molar-refractivity contribution in [2.45, 2.75) is 0 Å². The molecule has 6 heteroatoms. The highest BCUT2D eigenvalue weighted by Crippen LogP contribution is 2.06. The van der Waals surface area contributed by atoms with Gasteiger partial charge in [0.2, 0.25) is 5.95 Å². The first-order valence-corrected chi connectivity index (χ1v) is 4.92. The van der Waals surface area contributed by atoms with Crippen molar-refractivity contribution in [2.24, 2.45) is 0 Å². The molecule has 0 amide bonds. The van der Waals surface area contributed by atoms with E-state index in [-0.39, 0.29) is 0 Å². The average Bonchev–Trinajstić information content (AvgIpc) is 2.22. The molecule has 1 N–H and O–H groups in total. The third kappa shape index (κ3) is 2.84. The van der Waals surface area contributed by atoms with Gasteiger partial charge in [-0.1, -0.05) is 0 Å². The number of anilines is 1. The maximum atomic E-state index is 12.8. The fraction of sp³-hybridized carbons (Fsp3) is 0.556. The van der Waals surface area contributed by atoms with Crippen LogP contribution in [-0.2, 0) is 0 Å². The van der Waals surface area contributed by atoms with Gasteiger partial charge in [-0.15, -0.1) is 0 Å². The van der Waals surface area contributed by atoms with E-state index < -0.39 is 5.95 Å². The second kappa shape index (κ2) is 4.50. The number of hydrogen-bond acceptors (Lipinski definition) is 5. The van der Waals surface area contributed by atoms with Crippen LogP contribution in [0, 0.1) is 5.95 Å². The van der Waals surface area contributed by atoms with E-state index in [0.29, 0.717) is 5.82 Å². The van der Waals surface area contributed by atoms with Gasteiger partial charge in [0.15, 0.2) is 0 Å². The summed E-state index contributed by atoms with van der Waals surface area (Å²) >= 11 is 0. The first-order chi connectivity index (χ1) is 7.24. The molecule has 5 nitrogen and oxygen atoms in total. The van der Waals surface area contributed by atoms with Gasteiger partial charge in [0.05, 0.1) is 0 Å². The smallest absolute Gasteiger partial charge is 0.218 e. The van der Waals surface area contributed by atoms with Crippen molar-refractivity contribution in [3.63, 3.8) is 0 Å². The summed E-state index contributed by atoms with van der Waals surface area (Å²) < 4.78 is 12.8. The molecule has 1 aromatic heterocycles. The lowest BCUT2D eigenvalue weighted by Crippen LogP contribution is -2.47. The second-order valence-electron chi connectivity index (χ2n) is 3.63. The minimum Gasteiger partial charge on any atom is -0.304 e. The molecule has 0 aliphatic carbocycles. The van der Waals surface area contributed by atoms with E-state index in [4.69, 9.17) is 0 Å². The summed E-state index contributed by atoms with van der Waals surface area (Å²) in [5, 5.41) is 2.03. The highest BCUT2D eigenvalue weighted by Gasteiger charge is 2.13. The zero-order valence-corrected chi connectivity index (χ0v) is 8.65. The van der Waals surface area contributed by atoms with Gasteiger partial charge in [-0.05, 0) is 7.05 Å². The van der Waals surface area contributed by atoms with Gasteiger partial charge in [-0.3, -0.25) is 0 Å². The van der Waals surface area contributed by atoms with Gasteiger partial charge in [-0.2, -0.15) is 4.39 Å². The van der Waals surface area contributed by atoms with Crippen molar-refractivity contribution in [1.29, 1.82) is 0 Å². The van der Waals surface area contributed by atoms with E-state index in [1.165, 1.54) is 12.4 Å². The Balaban J connectivity index is 1.92. The number of piperazine rings is 1. The van der Waals surface area contributed by atoms with Crippen molar-refractivity contribution >= 4 is 5.82 Å². The number of rotatable bonds is 2. The lowest BCUT2D eigenvalue weighted by molar-refractivity contribution is 0.178. The maximum absolute atomic E-state index is 12.8. The number of likely N-dealkylation sites (N-methyl/N-ethyl adjacent to an activating group) is 1. The van der Waals surface area contributed by atoms with Crippen molar-refractivity contribution in [1.82, 2.24) is 19.9 Å². The quantitative estimate of drug-likeness (QED) is 0.707. The molecule has 0 bridgehead atoms. The summed E-state index contributed by atoms with van der Waals surface area (Å²) in [6.45, 7) is 3.81. The Hall–Kier alpha value is -1.27. The maximum Gasteiger partial charge on any atom is 0.218 e. The van der Waals surface area contributed by atoms with Crippen LogP contribution in [0.1, 0.15) is 0 Å². The fourth-order valence-electron chi connectivity index (χ4n) is 1.47. The second-order valence-corrected chi connectivity index (χ2v) is 3.63. The van der Waals surface area contributed by atoms with Crippen LogP contribution in [0.4, 0.5) is 10.2 Å². The summed E-state index contributed by atoms with van der Waals surface area (Å²) in [5.74, 6) is -0.00585. The standard InChI is InChI=1S/C9H14FN5/c1-14-2-4-15(5-3-14)13-9-6-8(10)11-7-12-9/h6-7H,2-5H2,1H3,(H,11,12,13). The monoisotopic (exact) mass is 211 g/mol. The summed E-state index contributed by atoms with van der Waals surface area (Å²) in [7, 11) is 2.09. The molecule has 1 aromatic rings. The SMILES string of the molecule is CN1CCN(Nc2cc(F)ncn2)CC1. The predicted molar refractivity (Wildman–Crippen MR) is 54.7 cm³/mol. The first-order valence-electron chi connectivity index (χ1n) is 4.92. The van der Waals surface area contributed by atoms with Gasteiger partial charge in [0.25, 0.3) is 0 Å². The van der Waals surface area contributed by atoms with Crippen molar-refractivity contribution in [2.75, 3.05) is 38.7 Å². The topological polar surface area (TPSA) is 44.3 Å².